The standard InChI is InChI=1S/C16H19NO3/c1-3-12-4-6-13(7-5-12)10-17-11-14-8-9-20-15(14)16(18)19-2/h4-9,17H,3,10-11H2,1-2H3. The van der Waals surface area contributed by atoms with E-state index >= 15 is 0 Å². The van der Waals surface area contributed by atoms with Gasteiger partial charge in [0.2, 0.25) is 5.76 Å². The minimum absolute atomic E-state index is 0.265. The highest BCUT2D eigenvalue weighted by Crippen LogP contribution is 2.12. The molecule has 0 saturated carbocycles. The number of benzene rings is 1. The number of ether oxygens (including phenoxy) is 1. The zero-order valence-electron chi connectivity index (χ0n) is 11.8. The van der Waals surface area contributed by atoms with Crippen molar-refractivity contribution in [2.24, 2.45) is 0 Å². The van der Waals surface area contributed by atoms with Gasteiger partial charge in [0.25, 0.3) is 0 Å². The quantitative estimate of drug-likeness (QED) is 0.822. The van der Waals surface area contributed by atoms with Gasteiger partial charge in [0.1, 0.15) is 0 Å². The second-order valence-electron chi connectivity index (χ2n) is 4.54. The van der Waals surface area contributed by atoms with Gasteiger partial charge in [-0.15, -0.1) is 0 Å². The van der Waals surface area contributed by atoms with Gasteiger partial charge in [0.15, 0.2) is 0 Å². The minimum atomic E-state index is -0.445. The van der Waals surface area contributed by atoms with Crippen LogP contribution in [0.1, 0.15) is 34.2 Å². The van der Waals surface area contributed by atoms with Crippen LogP contribution < -0.4 is 5.32 Å². The van der Waals surface area contributed by atoms with Crippen molar-refractivity contribution >= 4 is 5.97 Å². The molecule has 0 radical (unpaired) electrons. The fraction of sp³-hybridized carbons (Fsp3) is 0.312. The van der Waals surface area contributed by atoms with E-state index in [-0.39, 0.29) is 5.76 Å². The van der Waals surface area contributed by atoms with Crippen molar-refractivity contribution in [2.45, 2.75) is 26.4 Å². The molecular weight excluding hydrogens is 254 g/mol. The minimum Gasteiger partial charge on any atom is -0.463 e. The number of carbonyl (C=O) groups excluding carboxylic acids is 1. The zero-order valence-corrected chi connectivity index (χ0v) is 11.8. The Kier molecular flexibility index (Phi) is 4.96. The molecule has 4 heteroatoms. The summed E-state index contributed by atoms with van der Waals surface area (Å²) >= 11 is 0. The topological polar surface area (TPSA) is 51.5 Å². The molecule has 1 N–H and O–H groups in total. The summed E-state index contributed by atoms with van der Waals surface area (Å²) in [6, 6.07) is 10.3. The highest BCUT2D eigenvalue weighted by atomic mass is 16.5. The normalized spacial score (nSPS) is 10.5. The maximum absolute atomic E-state index is 11.5. The molecular formula is C16H19NO3. The van der Waals surface area contributed by atoms with Crippen LogP contribution in [0.3, 0.4) is 0 Å². The van der Waals surface area contributed by atoms with Gasteiger partial charge in [0, 0.05) is 18.7 Å². The summed E-state index contributed by atoms with van der Waals surface area (Å²) < 4.78 is 9.80. The summed E-state index contributed by atoms with van der Waals surface area (Å²) in [7, 11) is 1.34. The number of methoxy groups -OCH3 is 1. The maximum Gasteiger partial charge on any atom is 0.374 e. The molecule has 0 saturated heterocycles. The van der Waals surface area contributed by atoms with Gasteiger partial charge in [0.05, 0.1) is 13.4 Å². The van der Waals surface area contributed by atoms with Gasteiger partial charge >= 0.3 is 5.97 Å². The van der Waals surface area contributed by atoms with E-state index in [9.17, 15) is 4.79 Å². The Morgan fingerprint density at radius 3 is 2.50 bits per heavy atom. The average molecular weight is 273 g/mol. The highest BCUT2D eigenvalue weighted by Gasteiger charge is 2.14. The van der Waals surface area contributed by atoms with Crippen molar-refractivity contribution in [1.82, 2.24) is 5.32 Å². The Morgan fingerprint density at radius 2 is 1.85 bits per heavy atom. The van der Waals surface area contributed by atoms with Crippen LogP contribution in [0, 0.1) is 0 Å². The number of carbonyl (C=O) groups is 1. The van der Waals surface area contributed by atoms with Gasteiger partial charge in [-0.25, -0.2) is 4.79 Å². The number of esters is 1. The van der Waals surface area contributed by atoms with Crippen molar-refractivity contribution in [3.63, 3.8) is 0 Å². The number of furan rings is 1. The number of hydrogen-bond acceptors (Lipinski definition) is 4. The SMILES string of the molecule is CCc1ccc(CNCc2ccoc2C(=O)OC)cc1. The second-order valence-corrected chi connectivity index (χ2v) is 4.54. The van der Waals surface area contributed by atoms with E-state index in [1.165, 1.54) is 24.5 Å². The molecule has 2 aromatic rings. The third-order valence-electron chi connectivity index (χ3n) is 3.19. The smallest absolute Gasteiger partial charge is 0.374 e. The van der Waals surface area contributed by atoms with Crippen LogP contribution in [0.15, 0.2) is 41.0 Å². The van der Waals surface area contributed by atoms with Crippen molar-refractivity contribution in [1.29, 1.82) is 0 Å². The van der Waals surface area contributed by atoms with Gasteiger partial charge in [-0.1, -0.05) is 31.2 Å². The predicted molar refractivity (Wildman–Crippen MR) is 76.4 cm³/mol. The van der Waals surface area contributed by atoms with E-state index in [0.717, 1.165) is 18.5 Å². The molecule has 0 fully saturated rings. The first-order valence-electron chi connectivity index (χ1n) is 6.67. The lowest BCUT2D eigenvalue weighted by molar-refractivity contribution is 0.0563. The maximum atomic E-state index is 11.5. The summed E-state index contributed by atoms with van der Waals surface area (Å²) in [5.41, 5.74) is 3.35. The van der Waals surface area contributed by atoms with E-state index in [0.29, 0.717) is 6.54 Å². The van der Waals surface area contributed by atoms with Gasteiger partial charge in [-0.3, -0.25) is 0 Å². The van der Waals surface area contributed by atoms with Crippen molar-refractivity contribution < 1.29 is 13.9 Å². The zero-order chi connectivity index (χ0) is 14.4. The van der Waals surface area contributed by atoms with E-state index in [1.807, 2.05) is 0 Å². The molecule has 0 bridgehead atoms. The number of aryl methyl sites for hydroxylation is 1. The molecule has 0 aliphatic heterocycles. The van der Waals surface area contributed by atoms with Crippen LogP contribution in [0.5, 0.6) is 0 Å². The van der Waals surface area contributed by atoms with E-state index in [1.54, 1.807) is 6.07 Å². The molecule has 1 aromatic heterocycles. The highest BCUT2D eigenvalue weighted by molar-refractivity contribution is 5.87. The number of rotatable bonds is 6. The Bertz CT molecular complexity index is 557. The Hall–Kier alpha value is -2.07. The van der Waals surface area contributed by atoms with Crippen LogP contribution >= 0.6 is 0 Å². The molecule has 2 rings (SSSR count). The first kappa shape index (κ1) is 14.3. The van der Waals surface area contributed by atoms with Crippen molar-refractivity contribution in [3.8, 4) is 0 Å². The van der Waals surface area contributed by atoms with E-state index in [2.05, 4.69) is 41.2 Å². The molecule has 1 aromatic carbocycles. The Labute approximate surface area is 118 Å². The van der Waals surface area contributed by atoms with Crippen LogP contribution in [0.25, 0.3) is 0 Å². The summed E-state index contributed by atoms with van der Waals surface area (Å²) in [6.45, 7) is 3.45. The van der Waals surface area contributed by atoms with Crippen LogP contribution in [-0.4, -0.2) is 13.1 Å². The lowest BCUT2D eigenvalue weighted by atomic mass is 10.1. The van der Waals surface area contributed by atoms with Crippen LogP contribution in [0.2, 0.25) is 0 Å². The lowest BCUT2D eigenvalue weighted by Crippen LogP contribution is -2.14. The third kappa shape index (κ3) is 3.48. The monoisotopic (exact) mass is 273 g/mol. The molecule has 0 spiro atoms. The van der Waals surface area contributed by atoms with E-state index in [4.69, 9.17) is 4.42 Å². The first-order chi connectivity index (χ1) is 9.74. The Morgan fingerprint density at radius 1 is 1.15 bits per heavy atom. The molecule has 106 valence electrons. The third-order valence-corrected chi connectivity index (χ3v) is 3.19. The average Bonchev–Trinajstić information content (AvgIpc) is 2.95. The molecule has 0 unspecified atom stereocenters. The summed E-state index contributed by atoms with van der Waals surface area (Å²) in [5, 5.41) is 3.29. The van der Waals surface area contributed by atoms with Crippen molar-refractivity contribution in [3.05, 3.63) is 59.0 Å². The van der Waals surface area contributed by atoms with Gasteiger partial charge in [-0.2, -0.15) is 0 Å². The molecule has 1 heterocycles. The number of nitrogens with one attached hydrogen (secondary N) is 1. The predicted octanol–water partition coefficient (Wildman–Crippen LogP) is 2.92. The van der Waals surface area contributed by atoms with Gasteiger partial charge in [-0.05, 0) is 23.6 Å². The number of hydrogen-bond donors (Lipinski definition) is 1. The fourth-order valence-electron chi connectivity index (χ4n) is 1.98. The second kappa shape index (κ2) is 6.91. The summed E-state index contributed by atoms with van der Waals surface area (Å²) in [6.07, 6.45) is 2.55. The molecule has 0 aliphatic rings. The van der Waals surface area contributed by atoms with Crippen LogP contribution in [0.4, 0.5) is 0 Å². The molecule has 4 nitrogen and oxygen atoms in total. The molecule has 0 atom stereocenters. The van der Waals surface area contributed by atoms with Crippen molar-refractivity contribution in [2.75, 3.05) is 7.11 Å². The van der Waals surface area contributed by atoms with Crippen LogP contribution in [-0.2, 0) is 24.2 Å². The fourth-order valence-corrected chi connectivity index (χ4v) is 1.98. The molecule has 0 amide bonds. The molecule has 20 heavy (non-hydrogen) atoms. The summed E-state index contributed by atoms with van der Waals surface area (Å²) in [5.74, 6) is -0.180. The lowest BCUT2D eigenvalue weighted by Gasteiger charge is -2.05. The first-order valence-corrected chi connectivity index (χ1v) is 6.67. The Balaban J connectivity index is 1.89. The van der Waals surface area contributed by atoms with E-state index < -0.39 is 5.97 Å². The summed E-state index contributed by atoms with van der Waals surface area (Å²) in [4.78, 5) is 11.5. The van der Waals surface area contributed by atoms with Gasteiger partial charge < -0.3 is 14.5 Å². The largest absolute Gasteiger partial charge is 0.463 e. The molecule has 0 aliphatic carbocycles.